The zero-order valence-corrected chi connectivity index (χ0v) is 17.4. The van der Waals surface area contributed by atoms with Gasteiger partial charge in [-0.2, -0.15) is 0 Å². The van der Waals surface area contributed by atoms with Crippen molar-refractivity contribution < 1.29 is 14.3 Å². The largest absolute Gasteiger partial charge is 0.403 e. The Morgan fingerprint density at radius 1 is 0.938 bits per heavy atom. The Balaban J connectivity index is 1.50. The van der Waals surface area contributed by atoms with Gasteiger partial charge in [0.25, 0.3) is 11.8 Å². The summed E-state index contributed by atoms with van der Waals surface area (Å²) in [7, 11) is 0. The molecule has 3 aromatic carbocycles. The van der Waals surface area contributed by atoms with Crippen LogP contribution in [0.25, 0.3) is 0 Å². The number of benzene rings is 3. The summed E-state index contributed by atoms with van der Waals surface area (Å²) >= 11 is 5.96. The molecule has 158 valence electrons. The predicted octanol–water partition coefficient (Wildman–Crippen LogP) is 3.77. The number of amidine groups is 1. The van der Waals surface area contributed by atoms with Crippen LogP contribution in [-0.4, -0.2) is 34.8 Å². The molecule has 0 saturated heterocycles. The normalized spacial score (nSPS) is 19.5. The quantitative estimate of drug-likeness (QED) is 0.664. The summed E-state index contributed by atoms with van der Waals surface area (Å²) in [6.07, 6.45) is 0. The van der Waals surface area contributed by atoms with Crippen molar-refractivity contribution in [3.8, 4) is 0 Å². The van der Waals surface area contributed by atoms with E-state index in [-0.39, 0.29) is 17.8 Å². The van der Waals surface area contributed by atoms with E-state index in [1.807, 2.05) is 36.4 Å². The van der Waals surface area contributed by atoms with E-state index in [4.69, 9.17) is 16.3 Å². The number of carbonyl (C=O) groups is 2. The molecule has 2 unspecified atom stereocenters. The molecule has 2 heterocycles. The molecule has 1 N–H and O–H groups in total. The van der Waals surface area contributed by atoms with E-state index in [9.17, 15) is 9.59 Å². The van der Waals surface area contributed by atoms with Crippen molar-refractivity contribution >= 4 is 35.3 Å². The van der Waals surface area contributed by atoms with Crippen molar-refractivity contribution in [1.29, 1.82) is 0 Å². The number of halogens is 1. The van der Waals surface area contributed by atoms with Crippen LogP contribution < -0.4 is 5.32 Å². The number of hydrogen-bond donors (Lipinski definition) is 1. The maximum absolute atomic E-state index is 13.4. The molecule has 2 amide bonds. The number of aliphatic imine (C=N–C) groups is 1. The minimum atomic E-state index is -0.953. The van der Waals surface area contributed by atoms with E-state index in [0.29, 0.717) is 16.1 Å². The summed E-state index contributed by atoms with van der Waals surface area (Å²) < 4.78 is 5.80. The highest BCUT2D eigenvalue weighted by atomic mass is 35.5. The molecular weight excluding hydrogens is 428 g/mol. The van der Waals surface area contributed by atoms with Crippen molar-refractivity contribution in [2.75, 3.05) is 0 Å². The first-order chi connectivity index (χ1) is 15.6. The third-order valence-corrected chi connectivity index (χ3v) is 5.41. The average molecular weight is 445 g/mol. The van der Waals surface area contributed by atoms with Gasteiger partial charge in [0.05, 0.1) is 0 Å². The zero-order valence-electron chi connectivity index (χ0n) is 16.7. The number of rotatable bonds is 4. The highest BCUT2D eigenvalue weighted by Gasteiger charge is 2.45. The number of amides is 2. The molecular formula is C24H17ClN4O3. The standard InChI is InChI=1S/C24H17ClN4O3/c25-18-13-11-17(12-14-18)22-28-29-23(31)20(26-21(30)16-9-5-2-6-10-16)19(27-24(29)32-22)15-7-3-1-4-8-15/h1-14,19-20H,(H,26,30). The molecule has 2 aliphatic heterocycles. The predicted molar refractivity (Wildman–Crippen MR) is 120 cm³/mol. The van der Waals surface area contributed by atoms with Crippen LogP contribution in [0.3, 0.4) is 0 Å². The van der Waals surface area contributed by atoms with E-state index in [0.717, 1.165) is 10.6 Å². The molecule has 0 bridgehead atoms. The van der Waals surface area contributed by atoms with Crippen LogP contribution in [-0.2, 0) is 9.53 Å². The van der Waals surface area contributed by atoms with Crippen molar-refractivity contribution in [3.63, 3.8) is 0 Å². The number of hydrazone groups is 1. The molecule has 3 aromatic rings. The second-order valence-corrected chi connectivity index (χ2v) is 7.68. The fraction of sp³-hybridized carbons (Fsp3) is 0.0833. The fourth-order valence-electron chi connectivity index (χ4n) is 3.55. The summed E-state index contributed by atoms with van der Waals surface area (Å²) in [6, 6.07) is 23.4. The lowest BCUT2D eigenvalue weighted by Crippen LogP contribution is -2.53. The van der Waals surface area contributed by atoms with Gasteiger partial charge in [-0.05, 0) is 42.0 Å². The summed E-state index contributed by atoms with van der Waals surface area (Å²) in [5.74, 6) is -0.571. The van der Waals surface area contributed by atoms with Crippen molar-refractivity contribution in [1.82, 2.24) is 10.3 Å². The Hall–Kier alpha value is -3.97. The number of carbonyl (C=O) groups excluding carboxylic acids is 2. The van der Waals surface area contributed by atoms with Gasteiger partial charge in [0.2, 0.25) is 5.90 Å². The summed E-state index contributed by atoms with van der Waals surface area (Å²) in [6.45, 7) is 0. The Kier molecular flexibility index (Phi) is 5.17. The number of fused-ring (bicyclic) bond motifs is 1. The Labute approximate surface area is 189 Å². The Morgan fingerprint density at radius 3 is 2.28 bits per heavy atom. The topological polar surface area (TPSA) is 83.4 Å². The molecule has 5 rings (SSSR count). The molecule has 0 radical (unpaired) electrons. The molecule has 7 nitrogen and oxygen atoms in total. The number of hydrogen-bond acceptors (Lipinski definition) is 5. The second kappa shape index (κ2) is 8.28. The van der Waals surface area contributed by atoms with Crippen LogP contribution in [0, 0.1) is 0 Å². The van der Waals surface area contributed by atoms with Crippen LogP contribution >= 0.6 is 11.6 Å². The average Bonchev–Trinajstić information content (AvgIpc) is 3.27. The molecule has 0 saturated carbocycles. The molecule has 8 heteroatoms. The van der Waals surface area contributed by atoms with Crippen LogP contribution in [0.15, 0.2) is 95.0 Å². The van der Waals surface area contributed by atoms with Gasteiger partial charge in [0.1, 0.15) is 12.1 Å². The first-order valence-corrected chi connectivity index (χ1v) is 10.3. The number of nitrogens with one attached hydrogen (secondary N) is 1. The number of nitrogens with zero attached hydrogens (tertiary/aromatic N) is 3. The molecule has 2 aliphatic rings. The third-order valence-electron chi connectivity index (χ3n) is 5.15. The summed E-state index contributed by atoms with van der Waals surface area (Å²) in [5, 5.41) is 8.80. The molecule has 2 atom stereocenters. The van der Waals surface area contributed by atoms with Crippen molar-refractivity contribution in [2.45, 2.75) is 12.1 Å². The highest BCUT2D eigenvalue weighted by molar-refractivity contribution is 6.30. The van der Waals surface area contributed by atoms with Crippen LogP contribution in [0.1, 0.15) is 27.5 Å². The zero-order chi connectivity index (χ0) is 22.1. The summed E-state index contributed by atoms with van der Waals surface area (Å²) in [5.41, 5.74) is 1.88. The summed E-state index contributed by atoms with van der Waals surface area (Å²) in [4.78, 5) is 30.9. The van der Waals surface area contributed by atoms with Gasteiger partial charge < -0.3 is 10.1 Å². The Bertz CT molecular complexity index is 1230. The lowest BCUT2D eigenvalue weighted by Gasteiger charge is -2.30. The Morgan fingerprint density at radius 2 is 1.59 bits per heavy atom. The van der Waals surface area contributed by atoms with Crippen molar-refractivity contribution in [3.05, 3.63) is 107 Å². The highest BCUT2D eigenvalue weighted by Crippen LogP contribution is 2.30. The molecule has 0 aromatic heterocycles. The third kappa shape index (κ3) is 3.74. The number of ether oxygens (including phenoxy) is 1. The van der Waals surface area contributed by atoms with E-state index >= 15 is 0 Å². The van der Waals surface area contributed by atoms with Gasteiger partial charge in [-0.1, -0.05) is 60.1 Å². The first-order valence-electron chi connectivity index (χ1n) is 9.95. The monoisotopic (exact) mass is 444 g/mol. The molecule has 0 aliphatic carbocycles. The lowest BCUT2D eigenvalue weighted by atomic mass is 9.97. The van der Waals surface area contributed by atoms with Gasteiger partial charge in [-0.3, -0.25) is 9.59 Å². The molecule has 32 heavy (non-hydrogen) atoms. The minimum Gasteiger partial charge on any atom is -0.403 e. The van der Waals surface area contributed by atoms with Gasteiger partial charge in [0.15, 0.2) is 0 Å². The maximum atomic E-state index is 13.4. The molecule has 0 spiro atoms. The smallest absolute Gasteiger partial charge is 0.323 e. The van der Waals surface area contributed by atoms with Gasteiger partial charge in [-0.15, -0.1) is 10.1 Å². The molecule has 0 fully saturated rings. The van der Waals surface area contributed by atoms with Gasteiger partial charge in [-0.25, -0.2) is 4.99 Å². The van der Waals surface area contributed by atoms with Crippen LogP contribution in [0.2, 0.25) is 5.02 Å². The van der Waals surface area contributed by atoms with E-state index in [2.05, 4.69) is 15.4 Å². The second-order valence-electron chi connectivity index (χ2n) is 7.25. The van der Waals surface area contributed by atoms with E-state index < -0.39 is 18.0 Å². The van der Waals surface area contributed by atoms with Gasteiger partial charge in [0, 0.05) is 16.1 Å². The fourth-order valence-corrected chi connectivity index (χ4v) is 3.68. The van der Waals surface area contributed by atoms with Crippen LogP contribution in [0.4, 0.5) is 0 Å². The van der Waals surface area contributed by atoms with Gasteiger partial charge >= 0.3 is 6.02 Å². The van der Waals surface area contributed by atoms with Crippen molar-refractivity contribution in [2.24, 2.45) is 10.1 Å². The van der Waals surface area contributed by atoms with Crippen LogP contribution in [0.5, 0.6) is 0 Å². The maximum Gasteiger partial charge on any atom is 0.323 e. The van der Waals surface area contributed by atoms with E-state index in [1.54, 1.807) is 48.5 Å². The van der Waals surface area contributed by atoms with E-state index in [1.165, 1.54) is 0 Å². The SMILES string of the molecule is O=C(NC1C(=O)N2N=C(c3ccc(Cl)cc3)OC2=NC1c1ccccc1)c1ccccc1. The lowest BCUT2D eigenvalue weighted by molar-refractivity contribution is -0.131. The first kappa shape index (κ1) is 20.0. The minimum absolute atomic E-state index is 0.0685.